The van der Waals surface area contributed by atoms with E-state index in [1.807, 2.05) is 12.1 Å². The fraction of sp³-hybridized carbons (Fsp3) is 0.462. The molecular formula is C13H17N3O. The van der Waals surface area contributed by atoms with Crippen molar-refractivity contribution in [1.29, 1.82) is 0 Å². The molecule has 90 valence electrons. The van der Waals surface area contributed by atoms with Crippen molar-refractivity contribution < 1.29 is 4.79 Å². The molecule has 1 amide bonds. The van der Waals surface area contributed by atoms with Gasteiger partial charge in [-0.05, 0) is 37.0 Å². The second kappa shape index (κ2) is 3.95. The highest BCUT2D eigenvalue weighted by molar-refractivity contribution is 6.00. The third-order valence-corrected chi connectivity index (χ3v) is 3.57. The van der Waals surface area contributed by atoms with Crippen molar-refractivity contribution in [2.24, 2.45) is 0 Å². The first-order valence-corrected chi connectivity index (χ1v) is 6.21. The lowest BCUT2D eigenvalue weighted by Crippen LogP contribution is -2.30. The Hall–Kier alpha value is -1.71. The van der Waals surface area contributed by atoms with Crippen LogP contribution in [0.1, 0.15) is 24.8 Å². The largest absolute Gasteiger partial charge is 0.397 e. The smallest absolute Gasteiger partial charge is 0.228 e. The normalized spacial score (nSPS) is 19.1. The van der Waals surface area contributed by atoms with Gasteiger partial charge in [0.05, 0.1) is 17.8 Å². The SMILES string of the molecule is Nc1cc2c(cc1N1CCCCC1)NC(=O)C2. The van der Waals surface area contributed by atoms with Gasteiger partial charge in [0.25, 0.3) is 0 Å². The lowest BCUT2D eigenvalue weighted by molar-refractivity contribution is -0.115. The van der Waals surface area contributed by atoms with Crippen molar-refractivity contribution >= 4 is 23.0 Å². The van der Waals surface area contributed by atoms with Gasteiger partial charge in [0.1, 0.15) is 0 Å². The van der Waals surface area contributed by atoms with Crippen molar-refractivity contribution in [3.63, 3.8) is 0 Å². The Balaban J connectivity index is 1.95. The van der Waals surface area contributed by atoms with Gasteiger partial charge in [-0.3, -0.25) is 4.79 Å². The highest BCUT2D eigenvalue weighted by Gasteiger charge is 2.21. The molecule has 1 aromatic carbocycles. The predicted molar refractivity (Wildman–Crippen MR) is 69.3 cm³/mol. The van der Waals surface area contributed by atoms with Crippen LogP contribution in [0.3, 0.4) is 0 Å². The fourth-order valence-corrected chi connectivity index (χ4v) is 2.69. The molecule has 3 rings (SSSR count). The molecule has 4 heteroatoms. The van der Waals surface area contributed by atoms with Gasteiger partial charge in [-0.2, -0.15) is 0 Å². The number of nitrogens with two attached hydrogens (primary N) is 1. The summed E-state index contributed by atoms with van der Waals surface area (Å²) in [4.78, 5) is 13.7. The molecule has 2 aliphatic rings. The predicted octanol–water partition coefficient (Wildman–Crippen LogP) is 1.75. The van der Waals surface area contributed by atoms with E-state index in [1.165, 1.54) is 19.3 Å². The van der Waals surface area contributed by atoms with Gasteiger partial charge in [-0.25, -0.2) is 0 Å². The number of hydrogen-bond donors (Lipinski definition) is 2. The number of nitrogens with one attached hydrogen (secondary N) is 1. The van der Waals surface area contributed by atoms with Crippen LogP contribution in [0.25, 0.3) is 0 Å². The van der Waals surface area contributed by atoms with Crippen molar-refractivity contribution in [3.05, 3.63) is 17.7 Å². The standard InChI is InChI=1S/C13H17N3O/c14-10-6-9-7-13(17)15-11(9)8-12(10)16-4-2-1-3-5-16/h6,8H,1-5,7,14H2,(H,15,17). The Kier molecular flexibility index (Phi) is 2.42. The summed E-state index contributed by atoms with van der Waals surface area (Å²) in [5, 5.41) is 2.88. The third kappa shape index (κ3) is 1.84. The first kappa shape index (κ1) is 10.4. The van der Waals surface area contributed by atoms with E-state index in [2.05, 4.69) is 10.2 Å². The van der Waals surface area contributed by atoms with Gasteiger partial charge in [0.15, 0.2) is 0 Å². The number of anilines is 3. The van der Waals surface area contributed by atoms with E-state index in [4.69, 9.17) is 5.73 Å². The minimum absolute atomic E-state index is 0.0650. The number of rotatable bonds is 1. The van der Waals surface area contributed by atoms with Crippen LogP contribution in [-0.4, -0.2) is 19.0 Å². The average Bonchev–Trinajstić information content (AvgIpc) is 2.68. The van der Waals surface area contributed by atoms with E-state index >= 15 is 0 Å². The number of nitrogens with zero attached hydrogens (tertiary/aromatic N) is 1. The molecule has 0 saturated carbocycles. The molecule has 0 spiro atoms. The maximum Gasteiger partial charge on any atom is 0.228 e. The molecular weight excluding hydrogens is 214 g/mol. The molecule has 2 heterocycles. The topological polar surface area (TPSA) is 58.4 Å². The summed E-state index contributed by atoms with van der Waals surface area (Å²) in [6.45, 7) is 2.13. The summed E-state index contributed by atoms with van der Waals surface area (Å²) >= 11 is 0. The van der Waals surface area contributed by atoms with Gasteiger partial charge >= 0.3 is 0 Å². The fourth-order valence-electron chi connectivity index (χ4n) is 2.69. The Morgan fingerprint density at radius 3 is 2.71 bits per heavy atom. The molecule has 0 aromatic heterocycles. The van der Waals surface area contributed by atoms with E-state index in [-0.39, 0.29) is 5.91 Å². The van der Waals surface area contributed by atoms with Gasteiger partial charge in [0, 0.05) is 18.8 Å². The number of nitrogen functional groups attached to an aromatic ring is 1. The van der Waals surface area contributed by atoms with Crippen molar-refractivity contribution in [1.82, 2.24) is 0 Å². The Morgan fingerprint density at radius 1 is 1.18 bits per heavy atom. The Labute approximate surface area is 101 Å². The van der Waals surface area contributed by atoms with E-state index in [9.17, 15) is 4.79 Å². The van der Waals surface area contributed by atoms with Crippen molar-refractivity contribution in [2.45, 2.75) is 25.7 Å². The van der Waals surface area contributed by atoms with Gasteiger partial charge in [-0.15, -0.1) is 0 Å². The van der Waals surface area contributed by atoms with Gasteiger partial charge in [0.2, 0.25) is 5.91 Å². The maximum atomic E-state index is 11.3. The maximum absolute atomic E-state index is 11.3. The molecule has 2 aliphatic heterocycles. The minimum atomic E-state index is 0.0650. The molecule has 1 fully saturated rings. The summed E-state index contributed by atoms with van der Waals surface area (Å²) in [6, 6.07) is 3.97. The van der Waals surface area contributed by atoms with E-state index in [1.54, 1.807) is 0 Å². The number of hydrogen-bond acceptors (Lipinski definition) is 3. The molecule has 0 aliphatic carbocycles. The van der Waals surface area contributed by atoms with Gasteiger partial charge < -0.3 is 16.0 Å². The van der Waals surface area contributed by atoms with Crippen LogP contribution < -0.4 is 16.0 Å². The summed E-state index contributed by atoms with van der Waals surface area (Å²) < 4.78 is 0. The molecule has 17 heavy (non-hydrogen) atoms. The van der Waals surface area contributed by atoms with Crippen molar-refractivity contribution in [2.75, 3.05) is 29.0 Å². The minimum Gasteiger partial charge on any atom is -0.397 e. The third-order valence-electron chi connectivity index (χ3n) is 3.57. The zero-order valence-corrected chi connectivity index (χ0v) is 9.83. The number of benzene rings is 1. The lowest BCUT2D eigenvalue weighted by atomic mass is 10.1. The second-order valence-electron chi connectivity index (χ2n) is 4.84. The van der Waals surface area contributed by atoms with Crippen LogP contribution >= 0.6 is 0 Å². The molecule has 1 aromatic rings. The number of amides is 1. The molecule has 1 saturated heterocycles. The molecule has 4 nitrogen and oxygen atoms in total. The Morgan fingerprint density at radius 2 is 1.94 bits per heavy atom. The number of carbonyl (C=O) groups excluding carboxylic acids is 1. The van der Waals surface area contributed by atoms with Crippen LogP contribution in [0.4, 0.5) is 17.1 Å². The average molecular weight is 231 g/mol. The van der Waals surface area contributed by atoms with Crippen LogP contribution in [0, 0.1) is 0 Å². The lowest BCUT2D eigenvalue weighted by Gasteiger charge is -2.30. The van der Waals surface area contributed by atoms with Crippen LogP contribution in [0.2, 0.25) is 0 Å². The van der Waals surface area contributed by atoms with E-state index < -0.39 is 0 Å². The number of fused-ring (bicyclic) bond motifs is 1. The zero-order chi connectivity index (χ0) is 11.8. The molecule has 3 N–H and O–H groups in total. The second-order valence-corrected chi connectivity index (χ2v) is 4.84. The monoisotopic (exact) mass is 231 g/mol. The van der Waals surface area contributed by atoms with Crippen LogP contribution in [0.5, 0.6) is 0 Å². The quantitative estimate of drug-likeness (QED) is 0.724. The first-order chi connectivity index (χ1) is 8.24. The highest BCUT2D eigenvalue weighted by Crippen LogP contribution is 2.34. The molecule has 0 atom stereocenters. The van der Waals surface area contributed by atoms with Gasteiger partial charge in [-0.1, -0.05) is 0 Å². The van der Waals surface area contributed by atoms with E-state index in [0.29, 0.717) is 6.42 Å². The first-order valence-electron chi connectivity index (χ1n) is 6.21. The van der Waals surface area contributed by atoms with Crippen LogP contribution in [-0.2, 0) is 11.2 Å². The number of piperidine rings is 1. The summed E-state index contributed by atoms with van der Waals surface area (Å²) in [7, 11) is 0. The summed E-state index contributed by atoms with van der Waals surface area (Å²) in [5.74, 6) is 0.0650. The summed E-state index contributed by atoms with van der Waals surface area (Å²) in [5.41, 5.74) is 9.91. The molecule has 0 unspecified atom stereocenters. The molecule has 0 bridgehead atoms. The zero-order valence-electron chi connectivity index (χ0n) is 9.83. The number of carbonyl (C=O) groups is 1. The molecule has 0 radical (unpaired) electrons. The van der Waals surface area contributed by atoms with E-state index in [0.717, 1.165) is 35.7 Å². The Bertz CT molecular complexity index is 464. The highest BCUT2D eigenvalue weighted by atomic mass is 16.1. The van der Waals surface area contributed by atoms with Crippen molar-refractivity contribution in [3.8, 4) is 0 Å². The van der Waals surface area contributed by atoms with Crippen LogP contribution in [0.15, 0.2) is 12.1 Å². The summed E-state index contributed by atoms with van der Waals surface area (Å²) in [6.07, 6.45) is 4.21.